The second-order valence-corrected chi connectivity index (χ2v) is 9.39. The van der Waals surface area contributed by atoms with E-state index in [2.05, 4.69) is 69.8 Å². The van der Waals surface area contributed by atoms with Crippen LogP contribution >= 0.6 is 11.6 Å². The molecule has 3 aromatic carbocycles. The molecule has 1 fully saturated rings. The van der Waals surface area contributed by atoms with Crippen LogP contribution in [-0.4, -0.2) is 35.1 Å². The lowest BCUT2D eigenvalue weighted by Crippen LogP contribution is -2.41. The second-order valence-electron chi connectivity index (χ2n) is 8.95. The Morgan fingerprint density at radius 2 is 1.81 bits per heavy atom. The van der Waals surface area contributed by atoms with Gasteiger partial charge in [0.2, 0.25) is 0 Å². The fourth-order valence-corrected chi connectivity index (χ4v) is 5.71. The predicted molar refractivity (Wildman–Crippen MR) is 135 cm³/mol. The number of benzene rings is 3. The van der Waals surface area contributed by atoms with Gasteiger partial charge in [-0.15, -0.1) is 0 Å². The molecule has 2 unspecified atom stereocenters. The Morgan fingerprint density at radius 1 is 0.938 bits per heavy atom. The highest BCUT2D eigenvalue weighted by molar-refractivity contribution is 6.31. The van der Waals surface area contributed by atoms with Crippen molar-refractivity contribution in [1.29, 1.82) is 0 Å². The van der Waals surface area contributed by atoms with Crippen molar-refractivity contribution in [1.82, 2.24) is 9.88 Å². The van der Waals surface area contributed by atoms with Gasteiger partial charge < -0.3 is 5.32 Å². The van der Waals surface area contributed by atoms with Crippen LogP contribution in [0, 0.1) is 0 Å². The Balaban J connectivity index is 1.17. The van der Waals surface area contributed by atoms with Crippen molar-refractivity contribution >= 4 is 44.5 Å². The lowest BCUT2D eigenvalue weighted by Gasteiger charge is -2.34. The lowest BCUT2D eigenvalue weighted by atomic mass is 9.93. The first kappa shape index (κ1) is 19.8. The van der Waals surface area contributed by atoms with Gasteiger partial charge in [0.15, 0.2) is 0 Å². The zero-order valence-electron chi connectivity index (χ0n) is 18.0. The molecule has 3 heterocycles. The molecule has 6 rings (SSSR count). The van der Waals surface area contributed by atoms with Crippen molar-refractivity contribution < 1.29 is 0 Å². The van der Waals surface area contributed by atoms with Crippen LogP contribution in [0.2, 0.25) is 5.02 Å². The number of nitrogens with zero attached hydrogens (tertiary/aromatic N) is 2. The van der Waals surface area contributed by atoms with Crippen LogP contribution in [-0.2, 0) is 0 Å². The number of fused-ring (bicyclic) bond motifs is 4. The van der Waals surface area contributed by atoms with Gasteiger partial charge in [0.1, 0.15) is 0 Å². The number of anilines is 1. The van der Waals surface area contributed by atoms with Gasteiger partial charge in [-0.05, 0) is 65.4 Å². The van der Waals surface area contributed by atoms with Gasteiger partial charge in [0.25, 0.3) is 0 Å². The molecular weight excluding hydrogens is 414 g/mol. The molecule has 32 heavy (non-hydrogen) atoms. The predicted octanol–water partition coefficient (Wildman–Crippen LogP) is 6.77. The van der Waals surface area contributed by atoms with Crippen molar-refractivity contribution in [3.63, 3.8) is 0 Å². The lowest BCUT2D eigenvalue weighted by molar-refractivity contribution is 0.221. The average molecular weight is 440 g/mol. The van der Waals surface area contributed by atoms with Gasteiger partial charge in [-0.1, -0.05) is 60.1 Å². The van der Waals surface area contributed by atoms with E-state index >= 15 is 0 Å². The summed E-state index contributed by atoms with van der Waals surface area (Å²) in [5.41, 5.74) is 4.90. The molecule has 1 aromatic heterocycles. The molecule has 0 radical (unpaired) electrons. The van der Waals surface area contributed by atoms with Crippen LogP contribution in [0.25, 0.3) is 27.2 Å². The Hall–Kier alpha value is -2.88. The maximum atomic E-state index is 6.33. The van der Waals surface area contributed by atoms with Gasteiger partial charge in [-0.3, -0.25) is 9.88 Å². The zero-order valence-corrected chi connectivity index (χ0v) is 18.7. The standard InChI is InChI=1S/C28H26ClN3/c29-24-15-22-6-3-11-31-28(22)27(18-24)30-12-13-32-25-9-10-26(32)17-23(16-25)21-8-7-19-4-1-2-5-20(19)14-21/h1-8,11,14-16,18,25-26,30H,9-10,12-13,17H2. The van der Waals surface area contributed by atoms with Crippen LogP contribution in [0.15, 0.2) is 79.0 Å². The Bertz CT molecular complexity index is 1330. The summed E-state index contributed by atoms with van der Waals surface area (Å²) in [6, 6.07) is 24.7. The van der Waals surface area contributed by atoms with Crippen molar-refractivity contribution in [2.45, 2.75) is 31.3 Å². The molecule has 1 N–H and O–H groups in total. The topological polar surface area (TPSA) is 28.2 Å². The molecule has 2 bridgehead atoms. The maximum absolute atomic E-state index is 6.33. The first-order chi connectivity index (χ1) is 15.7. The number of hydrogen-bond donors (Lipinski definition) is 1. The van der Waals surface area contributed by atoms with Gasteiger partial charge in [-0.25, -0.2) is 0 Å². The molecule has 2 aliphatic rings. The minimum atomic E-state index is 0.534. The SMILES string of the molecule is Clc1cc(NCCN2C3C=C(c4ccc5ccccc5c4)CC2CC3)c2ncccc2c1. The summed E-state index contributed by atoms with van der Waals surface area (Å²) < 4.78 is 0. The van der Waals surface area contributed by atoms with E-state index < -0.39 is 0 Å². The quantitative estimate of drug-likeness (QED) is 0.371. The molecule has 160 valence electrons. The van der Waals surface area contributed by atoms with E-state index in [0.717, 1.165) is 41.1 Å². The Morgan fingerprint density at radius 3 is 2.72 bits per heavy atom. The first-order valence-corrected chi connectivity index (χ1v) is 11.9. The van der Waals surface area contributed by atoms with E-state index in [1.807, 2.05) is 24.4 Å². The summed E-state index contributed by atoms with van der Waals surface area (Å²) in [7, 11) is 0. The van der Waals surface area contributed by atoms with Crippen molar-refractivity contribution in [2.75, 3.05) is 18.4 Å². The molecule has 4 heteroatoms. The van der Waals surface area contributed by atoms with Gasteiger partial charge >= 0.3 is 0 Å². The molecule has 0 spiro atoms. The second kappa shape index (κ2) is 8.23. The summed E-state index contributed by atoms with van der Waals surface area (Å²) >= 11 is 6.33. The highest BCUT2D eigenvalue weighted by atomic mass is 35.5. The molecule has 0 amide bonds. The number of rotatable bonds is 5. The van der Waals surface area contributed by atoms with E-state index in [-0.39, 0.29) is 0 Å². The molecule has 4 aromatic rings. The van der Waals surface area contributed by atoms with E-state index in [4.69, 9.17) is 11.6 Å². The normalized spacial score (nSPS) is 20.6. The largest absolute Gasteiger partial charge is 0.382 e. The smallest absolute Gasteiger partial charge is 0.0934 e. The Kier molecular flexibility index (Phi) is 5.09. The number of hydrogen-bond acceptors (Lipinski definition) is 3. The van der Waals surface area contributed by atoms with Crippen LogP contribution in [0.3, 0.4) is 0 Å². The molecule has 1 saturated heterocycles. The zero-order chi connectivity index (χ0) is 21.5. The molecule has 2 aliphatic heterocycles. The minimum absolute atomic E-state index is 0.534. The van der Waals surface area contributed by atoms with Crippen molar-refractivity contribution in [3.05, 3.63) is 89.6 Å². The monoisotopic (exact) mass is 439 g/mol. The summed E-state index contributed by atoms with van der Waals surface area (Å²) in [6.07, 6.45) is 8.02. The number of aromatic nitrogens is 1. The number of halogens is 1. The van der Waals surface area contributed by atoms with E-state index in [0.29, 0.717) is 12.1 Å². The van der Waals surface area contributed by atoms with Crippen LogP contribution in [0.4, 0.5) is 5.69 Å². The first-order valence-electron chi connectivity index (χ1n) is 11.5. The van der Waals surface area contributed by atoms with E-state index in [9.17, 15) is 0 Å². The van der Waals surface area contributed by atoms with Crippen molar-refractivity contribution in [3.8, 4) is 0 Å². The summed E-state index contributed by atoms with van der Waals surface area (Å²) in [4.78, 5) is 7.23. The van der Waals surface area contributed by atoms with Crippen LogP contribution < -0.4 is 5.32 Å². The van der Waals surface area contributed by atoms with Gasteiger partial charge in [-0.2, -0.15) is 0 Å². The van der Waals surface area contributed by atoms with Gasteiger partial charge in [0, 0.05) is 41.8 Å². The molecule has 3 nitrogen and oxygen atoms in total. The maximum Gasteiger partial charge on any atom is 0.0934 e. The third-order valence-corrected chi connectivity index (χ3v) is 7.23. The summed E-state index contributed by atoms with van der Waals surface area (Å²) in [5.74, 6) is 0. The number of nitrogens with one attached hydrogen (secondary N) is 1. The summed E-state index contributed by atoms with van der Waals surface area (Å²) in [6.45, 7) is 1.91. The summed E-state index contributed by atoms with van der Waals surface area (Å²) in [5, 5.41) is 8.05. The Labute approximate surface area is 193 Å². The fraction of sp³-hybridized carbons (Fsp3) is 0.250. The van der Waals surface area contributed by atoms with E-state index in [1.165, 1.54) is 34.8 Å². The minimum Gasteiger partial charge on any atom is -0.382 e. The van der Waals surface area contributed by atoms with Crippen LogP contribution in [0.1, 0.15) is 24.8 Å². The van der Waals surface area contributed by atoms with Crippen molar-refractivity contribution in [2.24, 2.45) is 0 Å². The third-order valence-electron chi connectivity index (χ3n) is 7.02. The highest BCUT2D eigenvalue weighted by Gasteiger charge is 2.36. The number of pyridine rings is 1. The third kappa shape index (κ3) is 3.66. The molecular formula is C28H26ClN3. The van der Waals surface area contributed by atoms with Crippen LogP contribution in [0.5, 0.6) is 0 Å². The molecule has 2 atom stereocenters. The van der Waals surface area contributed by atoms with E-state index in [1.54, 1.807) is 0 Å². The average Bonchev–Trinajstić information content (AvgIpc) is 3.05. The van der Waals surface area contributed by atoms with Gasteiger partial charge in [0.05, 0.1) is 11.2 Å². The fourth-order valence-electron chi connectivity index (χ4n) is 5.48. The molecule has 0 saturated carbocycles. The highest BCUT2D eigenvalue weighted by Crippen LogP contribution is 2.39. The molecule has 0 aliphatic carbocycles.